The van der Waals surface area contributed by atoms with Gasteiger partial charge in [-0.05, 0) is 37.4 Å². The Bertz CT molecular complexity index is 326. The zero-order valence-electron chi connectivity index (χ0n) is 9.48. The molecule has 1 aromatic rings. The molecule has 0 saturated carbocycles. The molecule has 1 heterocycles. The summed E-state index contributed by atoms with van der Waals surface area (Å²) in [4.78, 5) is 2.46. The minimum absolute atomic E-state index is 0.748. The van der Waals surface area contributed by atoms with Crippen LogP contribution in [0.5, 0.6) is 0 Å². The summed E-state index contributed by atoms with van der Waals surface area (Å²) in [6.45, 7) is 3.35. The van der Waals surface area contributed by atoms with Gasteiger partial charge in [0.15, 0.2) is 0 Å². The Balaban J connectivity index is 1.86. The molecular weight excluding hydrogens is 218 g/mol. The van der Waals surface area contributed by atoms with E-state index in [2.05, 4.69) is 35.2 Å². The van der Waals surface area contributed by atoms with Gasteiger partial charge in [-0.15, -0.1) is 0 Å². The van der Waals surface area contributed by atoms with Crippen LogP contribution in [0.1, 0.15) is 24.3 Å². The molecule has 1 aliphatic heterocycles. The first kappa shape index (κ1) is 11.7. The topological polar surface area (TPSA) is 3.24 Å². The number of hydrogen-bond acceptors (Lipinski definition) is 1. The van der Waals surface area contributed by atoms with Crippen molar-refractivity contribution >= 4 is 11.6 Å². The van der Waals surface area contributed by atoms with Crippen molar-refractivity contribution in [1.29, 1.82) is 0 Å². The van der Waals surface area contributed by atoms with Gasteiger partial charge in [-0.3, -0.25) is 4.90 Å². The van der Waals surface area contributed by atoms with Gasteiger partial charge in [0.05, 0.1) is 0 Å². The standard InChI is InChI=1S/C14H18ClN/c15-9-4-10-16-11-7-14(8-12-16)13-5-2-1-3-6-13/h1-6,9,14H,7-8,10-12H2/b9-4+. The lowest BCUT2D eigenvalue weighted by molar-refractivity contribution is 0.232. The predicted molar refractivity (Wildman–Crippen MR) is 69.9 cm³/mol. The van der Waals surface area contributed by atoms with Crippen molar-refractivity contribution in [2.75, 3.05) is 19.6 Å². The predicted octanol–water partition coefficient (Wildman–Crippen LogP) is 3.62. The number of piperidine rings is 1. The fraction of sp³-hybridized carbons (Fsp3) is 0.429. The number of hydrogen-bond donors (Lipinski definition) is 0. The van der Waals surface area contributed by atoms with Crippen LogP contribution in [0.4, 0.5) is 0 Å². The van der Waals surface area contributed by atoms with Crippen molar-refractivity contribution < 1.29 is 0 Å². The number of likely N-dealkylation sites (tertiary alicyclic amines) is 1. The van der Waals surface area contributed by atoms with Gasteiger partial charge in [-0.25, -0.2) is 0 Å². The molecule has 86 valence electrons. The van der Waals surface area contributed by atoms with Crippen molar-refractivity contribution in [2.24, 2.45) is 0 Å². The molecule has 0 spiro atoms. The molecule has 2 heteroatoms. The molecular formula is C14H18ClN. The van der Waals surface area contributed by atoms with Gasteiger partial charge in [-0.1, -0.05) is 48.0 Å². The summed E-state index contributed by atoms with van der Waals surface area (Å²) in [5.41, 5.74) is 3.11. The van der Waals surface area contributed by atoms with Crippen LogP contribution in [-0.2, 0) is 0 Å². The maximum absolute atomic E-state index is 5.54. The van der Waals surface area contributed by atoms with E-state index >= 15 is 0 Å². The first-order valence-electron chi connectivity index (χ1n) is 5.92. The minimum atomic E-state index is 0.748. The second kappa shape index (κ2) is 6.07. The second-order valence-corrected chi connectivity index (χ2v) is 4.60. The molecule has 16 heavy (non-hydrogen) atoms. The van der Waals surface area contributed by atoms with Gasteiger partial charge in [0.2, 0.25) is 0 Å². The first-order chi connectivity index (χ1) is 7.90. The molecule has 0 aromatic heterocycles. The number of nitrogens with zero attached hydrogens (tertiary/aromatic N) is 1. The molecule has 0 N–H and O–H groups in total. The number of benzene rings is 1. The van der Waals surface area contributed by atoms with Gasteiger partial charge in [0.25, 0.3) is 0 Å². The summed E-state index contributed by atoms with van der Waals surface area (Å²) in [7, 11) is 0. The highest BCUT2D eigenvalue weighted by Gasteiger charge is 2.19. The van der Waals surface area contributed by atoms with Gasteiger partial charge in [-0.2, -0.15) is 0 Å². The van der Waals surface area contributed by atoms with Gasteiger partial charge in [0, 0.05) is 12.1 Å². The lowest BCUT2D eigenvalue weighted by Gasteiger charge is -2.31. The fourth-order valence-corrected chi connectivity index (χ4v) is 2.44. The van der Waals surface area contributed by atoms with Gasteiger partial charge in [0.1, 0.15) is 0 Å². The van der Waals surface area contributed by atoms with E-state index in [0.29, 0.717) is 0 Å². The highest BCUT2D eigenvalue weighted by Crippen LogP contribution is 2.27. The van der Waals surface area contributed by atoms with Crippen molar-refractivity contribution in [3.05, 3.63) is 47.5 Å². The summed E-state index contributed by atoms with van der Waals surface area (Å²) in [5.74, 6) is 0.748. The highest BCUT2D eigenvalue weighted by molar-refractivity contribution is 6.25. The molecule has 0 atom stereocenters. The summed E-state index contributed by atoms with van der Waals surface area (Å²) in [5, 5.41) is 0. The third kappa shape index (κ3) is 3.10. The lowest BCUT2D eigenvalue weighted by atomic mass is 9.89. The van der Waals surface area contributed by atoms with E-state index in [9.17, 15) is 0 Å². The molecule has 1 aliphatic rings. The van der Waals surface area contributed by atoms with E-state index in [-0.39, 0.29) is 0 Å². The van der Waals surface area contributed by atoms with E-state index in [1.54, 1.807) is 5.54 Å². The Morgan fingerprint density at radius 1 is 1.19 bits per heavy atom. The van der Waals surface area contributed by atoms with Crippen LogP contribution < -0.4 is 0 Å². The minimum Gasteiger partial charge on any atom is -0.300 e. The second-order valence-electron chi connectivity index (χ2n) is 4.35. The van der Waals surface area contributed by atoms with E-state index in [1.165, 1.54) is 31.5 Å². The highest BCUT2D eigenvalue weighted by atomic mass is 35.5. The van der Waals surface area contributed by atoms with Crippen LogP contribution >= 0.6 is 11.6 Å². The Morgan fingerprint density at radius 2 is 1.88 bits per heavy atom. The maximum Gasteiger partial charge on any atom is 0.0174 e. The molecule has 2 rings (SSSR count). The molecule has 0 radical (unpaired) electrons. The zero-order chi connectivity index (χ0) is 11.2. The van der Waals surface area contributed by atoms with Gasteiger partial charge < -0.3 is 0 Å². The van der Waals surface area contributed by atoms with Crippen molar-refractivity contribution in [2.45, 2.75) is 18.8 Å². The molecule has 0 unspecified atom stereocenters. The molecule has 1 fully saturated rings. The normalized spacial score (nSPS) is 19.3. The summed E-state index contributed by atoms with van der Waals surface area (Å²) in [6.07, 6.45) is 4.55. The SMILES string of the molecule is Cl/C=C/CN1CCC(c2ccccc2)CC1. The van der Waals surface area contributed by atoms with Crippen LogP contribution in [0.15, 0.2) is 41.9 Å². The Morgan fingerprint density at radius 3 is 2.50 bits per heavy atom. The van der Waals surface area contributed by atoms with Crippen molar-refractivity contribution in [3.63, 3.8) is 0 Å². The Kier molecular flexibility index (Phi) is 4.44. The molecule has 1 saturated heterocycles. The van der Waals surface area contributed by atoms with Crippen LogP contribution in [-0.4, -0.2) is 24.5 Å². The Hall–Kier alpha value is -0.790. The quantitative estimate of drug-likeness (QED) is 0.774. The van der Waals surface area contributed by atoms with Crippen LogP contribution in [0, 0.1) is 0 Å². The zero-order valence-corrected chi connectivity index (χ0v) is 10.2. The van der Waals surface area contributed by atoms with Crippen LogP contribution in [0.3, 0.4) is 0 Å². The first-order valence-corrected chi connectivity index (χ1v) is 6.36. The van der Waals surface area contributed by atoms with Crippen LogP contribution in [0.2, 0.25) is 0 Å². The van der Waals surface area contributed by atoms with E-state index in [1.807, 2.05) is 6.08 Å². The monoisotopic (exact) mass is 235 g/mol. The molecule has 1 nitrogen and oxygen atoms in total. The number of halogens is 1. The summed E-state index contributed by atoms with van der Waals surface area (Å²) >= 11 is 5.54. The number of rotatable bonds is 3. The smallest absolute Gasteiger partial charge is 0.0174 e. The molecule has 1 aromatic carbocycles. The van der Waals surface area contributed by atoms with Gasteiger partial charge >= 0.3 is 0 Å². The lowest BCUT2D eigenvalue weighted by Crippen LogP contribution is -2.32. The maximum atomic E-state index is 5.54. The average Bonchev–Trinajstić information content (AvgIpc) is 2.38. The largest absolute Gasteiger partial charge is 0.300 e. The van der Waals surface area contributed by atoms with Crippen LogP contribution in [0.25, 0.3) is 0 Å². The van der Waals surface area contributed by atoms with E-state index < -0.39 is 0 Å². The Labute approximate surface area is 103 Å². The average molecular weight is 236 g/mol. The summed E-state index contributed by atoms with van der Waals surface area (Å²) in [6, 6.07) is 10.9. The molecule has 0 aliphatic carbocycles. The summed E-state index contributed by atoms with van der Waals surface area (Å²) < 4.78 is 0. The third-order valence-corrected chi connectivity index (χ3v) is 3.49. The molecule has 0 bridgehead atoms. The van der Waals surface area contributed by atoms with Crippen molar-refractivity contribution in [1.82, 2.24) is 4.90 Å². The molecule has 0 amide bonds. The van der Waals surface area contributed by atoms with E-state index in [4.69, 9.17) is 11.6 Å². The van der Waals surface area contributed by atoms with Crippen molar-refractivity contribution in [3.8, 4) is 0 Å². The van der Waals surface area contributed by atoms with E-state index in [0.717, 1.165) is 12.5 Å². The third-order valence-electron chi connectivity index (χ3n) is 3.31. The fourth-order valence-electron chi connectivity index (χ4n) is 2.36.